The minimum atomic E-state index is 0.338. The van der Waals surface area contributed by atoms with E-state index < -0.39 is 0 Å². The maximum atomic E-state index is 5.53. The second-order valence-electron chi connectivity index (χ2n) is 3.94. The van der Waals surface area contributed by atoms with Crippen molar-refractivity contribution in [2.24, 2.45) is 5.73 Å². The van der Waals surface area contributed by atoms with Crippen LogP contribution in [0.25, 0.3) is 10.2 Å². The first kappa shape index (κ1) is 11.3. The van der Waals surface area contributed by atoms with Gasteiger partial charge in [0.05, 0.1) is 10.2 Å². The molecular formula is C11H16N4S. The second-order valence-corrected chi connectivity index (χ2v) is 4.82. The Morgan fingerprint density at radius 3 is 3.06 bits per heavy atom. The second kappa shape index (κ2) is 4.76. The lowest BCUT2D eigenvalue weighted by Crippen LogP contribution is -2.20. The predicted octanol–water partition coefficient (Wildman–Crippen LogP) is 2.15. The summed E-state index contributed by atoms with van der Waals surface area (Å²) in [5.74, 6) is 0.920. The van der Waals surface area contributed by atoms with Crippen molar-refractivity contribution in [1.82, 2.24) is 9.97 Å². The summed E-state index contributed by atoms with van der Waals surface area (Å²) in [4.78, 5) is 8.58. The average Bonchev–Trinajstić information content (AvgIpc) is 2.62. The number of nitrogens with one attached hydrogen (secondary N) is 1. The highest BCUT2D eigenvalue weighted by atomic mass is 32.1. The molecule has 0 saturated carbocycles. The maximum Gasteiger partial charge on any atom is 0.147 e. The van der Waals surface area contributed by atoms with Gasteiger partial charge >= 0.3 is 0 Å². The van der Waals surface area contributed by atoms with Crippen molar-refractivity contribution in [2.75, 3.05) is 11.9 Å². The van der Waals surface area contributed by atoms with Crippen molar-refractivity contribution in [1.29, 1.82) is 0 Å². The lowest BCUT2D eigenvalue weighted by molar-refractivity contribution is 0.714. The van der Waals surface area contributed by atoms with Gasteiger partial charge < -0.3 is 11.1 Å². The van der Waals surface area contributed by atoms with Gasteiger partial charge in [0.25, 0.3) is 0 Å². The molecule has 86 valence electrons. The number of rotatable bonds is 4. The molecule has 5 heteroatoms. The van der Waals surface area contributed by atoms with E-state index in [4.69, 9.17) is 5.73 Å². The van der Waals surface area contributed by atoms with E-state index in [1.54, 1.807) is 17.7 Å². The normalized spacial score (nSPS) is 12.9. The largest absolute Gasteiger partial charge is 0.366 e. The van der Waals surface area contributed by atoms with E-state index in [1.165, 1.54) is 5.56 Å². The lowest BCUT2D eigenvalue weighted by atomic mass is 10.2. The molecule has 0 fully saturated rings. The molecule has 0 radical (unpaired) electrons. The third-order valence-electron chi connectivity index (χ3n) is 2.51. The number of aryl methyl sites for hydroxylation is 1. The number of thiophene rings is 1. The van der Waals surface area contributed by atoms with Crippen LogP contribution in [-0.2, 0) is 0 Å². The van der Waals surface area contributed by atoms with Crippen LogP contribution in [0.1, 0.15) is 18.9 Å². The monoisotopic (exact) mass is 236 g/mol. The molecular weight excluding hydrogens is 220 g/mol. The van der Waals surface area contributed by atoms with Crippen molar-refractivity contribution in [3.63, 3.8) is 0 Å². The topological polar surface area (TPSA) is 63.8 Å². The van der Waals surface area contributed by atoms with Gasteiger partial charge in [-0.25, -0.2) is 9.97 Å². The van der Waals surface area contributed by atoms with Crippen LogP contribution >= 0.6 is 11.3 Å². The first-order chi connectivity index (χ1) is 7.72. The Kier molecular flexibility index (Phi) is 3.36. The fourth-order valence-electron chi connectivity index (χ4n) is 1.63. The molecule has 16 heavy (non-hydrogen) atoms. The zero-order chi connectivity index (χ0) is 11.5. The van der Waals surface area contributed by atoms with Crippen molar-refractivity contribution in [2.45, 2.75) is 26.3 Å². The molecule has 0 spiro atoms. The molecule has 0 aromatic carbocycles. The quantitative estimate of drug-likeness (QED) is 0.853. The molecule has 2 rings (SSSR count). The molecule has 0 aliphatic carbocycles. The third-order valence-corrected chi connectivity index (χ3v) is 3.61. The molecule has 2 heterocycles. The van der Waals surface area contributed by atoms with Crippen molar-refractivity contribution >= 4 is 27.4 Å². The summed E-state index contributed by atoms with van der Waals surface area (Å²) in [5, 5.41) is 5.49. The molecule has 1 atom stereocenters. The molecule has 3 N–H and O–H groups in total. The van der Waals surface area contributed by atoms with E-state index >= 15 is 0 Å². The number of hydrogen-bond donors (Lipinski definition) is 2. The summed E-state index contributed by atoms with van der Waals surface area (Å²) < 4.78 is 1.13. The Labute approximate surface area is 98.9 Å². The van der Waals surface area contributed by atoms with Gasteiger partial charge in [0.1, 0.15) is 12.1 Å². The van der Waals surface area contributed by atoms with E-state index in [0.29, 0.717) is 12.6 Å². The van der Waals surface area contributed by atoms with Crippen molar-refractivity contribution in [3.8, 4) is 0 Å². The van der Waals surface area contributed by atoms with Gasteiger partial charge in [-0.15, -0.1) is 11.3 Å². The summed E-state index contributed by atoms with van der Waals surface area (Å²) in [6, 6.07) is 0.338. The lowest BCUT2D eigenvalue weighted by Gasteiger charge is -2.13. The summed E-state index contributed by atoms with van der Waals surface area (Å²) in [6.07, 6.45) is 2.55. The number of anilines is 1. The van der Waals surface area contributed by atoms with E-state index in [-0.39, 0.29) is 0 Å². The molecule has 0 aliphatic heterocycles. The predicted molar refractivity (Wildman–Crippen MR) is 68.9 cm³/mol. The number of aromatic nitrogens is 2. The fourth-order valence-corrected chi connectivity index (χ4v) is 2.58. The zero-order valence-corrected chi connectivity index (χ0v) is 10.3. The van der Waals surface area contributed by atoms with Crippen LogP contribution in [0.15, 0.2) is 11.7 Å². The maximum absolute atomic E-state index is 5.53. The van der Waals surface area contributed by atoms with Crippen molar-refractivity contribution < 1.29 is 0 Å². The summed E-state index contributed by atoms with van der Waals surface area (Å²) in [7, 11) is 0. The number of nitrogens with two attached hydrogens (primary N) is 1. The minimum Gasteiger partial charge on any atom is -0.366 e. The van der Waals surface area contributed by atoms with Crippen LogP contribution in [0.4, 0.5) is 5.82 Å². The van der Waals surface area contributed by atoms with Crippen LogP contribution in [0, 0.1) is 6.92 Å². The van der Waals surface area contributed by atoms with Crippen LogP contribution < -0.4 is 11.1 Å². The first-order valence-corrected chi connectivity index (χ1v) is 6.25. The smallest absolute Gasteiger partial charge is 0.147 e. The third kappa shape index (κ3) is 2.15. The molecule has 0 aliphatic rings. The molecule has 0 amide bonds. The van der Waals surface area contributed by atoms with Gasteiger partial charge in [-0.05, 0) is 37.8 Å². The van der Waals surface area contributed by atoms with Crippen LogP contribution in [0.3, 0.4) is 0 Å². The molecule has 0 saturated heterocycles. The number of hydrogen-bond acceptors (Lipinski definition) is 5. The van der Waals surface area contributed by atoms with Crippen LogP contribution in [0.5, 0.6) is 0 Å². The Morgan fingerprint density at radius 1 is 1.50 bits per heavy atom. The Balaban J connectivity index is 2.30. The van der Waals surface area contributed by atoms with E-state index in [0.717, 1.165) is 22.5 Å². The molecule has 2 aromatic rings. The van der Waals surface area contributed by atoms with E-state index in [2.05, 4.69) is 34.5 Å². The first-order valence-electron chi connectivity index (χ1n) is 5.37. The summed E-state index contributed by atoms with van der Waals surface area (Å²) in [6.45, 7) is 4.87. The van der Waals surface area contributed by atoms with Gasteiger partial charge in [-0.1, -0.05) is 0 Å². The van der Waals surface area contributed by atoms with Gasteiger partial charge in [0.2, 0.25) is 0 Å². The highest BCUT2D eigenvalue weighted by Gasteiger charge is 2.09. The summed E-state index contributed by atoms with van der Waals surface area (Å²) in [5.41, 5.74) is 7.78. The highest BCUT2D eigenvalue weighted by Crippen LogP contribution is 2.28. The standard InChI is InChI=1S/C11H16N4S/c1-7-5-16-10-9(7)13-6-14-11(10)15-8(2)3-4-12/h5-6,8H,3-4,12H2,1-2H3,(H,13,14,15). The molecule has 4 nitrogen and oxygen atoms in total. The Hall–Kier alpha value is -1.20. The van der Waals surface area contributed by atoms with Gasteiger partial charge in [-0.3, -0.25) is 0 Å². The fraction of sp³-hybridized carbons (Fsp3) is 0.455. The SMILES string of the molecule is Cc1csc2c(NC(C)CCN)ncnc12. The summed E-state index contributed by atoms with van der Waals surface area (Å²) >= 11 is 1.68. The minimum absolute atomic E-state index is 0.338. The Bertz CT molecular complexity index is 480. The zero-order valence-electron chi connectivity index (χ0n) is 9.53. The average molecular weight is 236 g/mol. The molecule has 2 aromatic heterocycles. The van der Waals surface area contributed by atoms with E-state index in [9.17, 15) is 0 Å². The van der Waals surface area contributed by atoms with Crippen LogP contribution in [-0.4, -0.2) is 22.6 Å². The van der Waals surface area contributed by atoms with Gasteiger partial charge in [0, 0.05) is 6.04 Å². The number of fused-ring (bicyclic) bond motifs is 1. The van der Waals surface area contributed by atoms with Gasteiger partial charge in [-0.2, -0.15) is 0 Å². The van der Waals surface area contributed by atoms with Crippen LogP contribution in [0.2, 0.25) is 0 Å². The highest BCUT2D eigenvalue weighted by molar-refractivity contribution is 7.18. The van der Waals surface area contributed by atoms with Crippen molar-refractivity contribution in [3.05, 3.63) is 17.3 Å². The molecule has 1 unspecified atom stereocenters. The molecule has 0 bridgehead atoms. The van der Waals surface area contributed by atoms with E-state index in [1.807, 2.05) is 0 Å². The number of nitrogens with zero attached hydrogens (tertiary/aromatic N) is 2. The van der Waals surface area contributed by atoms with Gasteiger partial charge in [0.15, 0.2) is 0 Å². The Morgan fingerprint density at radius 2 is 2.31 bits per heavy atom.